The van der Waals surface area contributed by atoms with Crippen LogP contribution in [0.15, 0.2) is 24.3 Å². The summed E-state index contributed by atoms with van der Waals surface area (Å²) in [4.78, 5) is 13.2. The van der Waals surface area contributed by atoms with Gasteiger partial charge < -0.3 is 5.32 Å². The van der Waals surface area contributed by atoms with E-state index in [0.29, 0.717) is 0 Å². The van der Waals surface area contributed by atoms with Crippen molar-refractivity contribution in [2.45, 2.75) is 26.3 Å². The summed E-state index contributed by atoms with van der Waals surface area (Å²) in [7, 11) is 0. The number of rotatable bonds is 4. The first kappa shape index (κ1) is 12.1. The Morgan fingerprint density at radius 3 is 2.88 bits per heavy atom. The second-order valence-corrected chi connectivity index (χ2v) is 4.63. The van der Waals surface area contributed by atoms with E-state index in [4.69, 9.17) is 0 Å². The number of nitrogens with zero attached hydrogens (tertiary/aromatic N) is 1. The normalized spacial score (nSPS) is 15.4. The van der Waals surface area contributed by atoms with Gasteiger partial charge in [-0.1, -0.05) is 24.3 Å². The lowest BCUT2D eigenvalue weighted by molar-refractivity contribution is -0.118. The molecule has 17 heavy (non-hydrogen) atoms. The Hall–Kier alpha value is -1.35. The zero-order valence-electron chi connectivity index (χ0n) is 10.4. The standard InChI is InChI=1S/C14H20N2O/c1-12(17)15-8-4-9-16-10-7-13-5-2-3-6-14(13)11-16/h2-3,5-6H,4,7-11H2,1H3,(H,15,17). The third-order valence-corrected chi connectivity index (χ3v) is 3.23. The lowest BCUT2D eigenvalue weighted by Gasteiger charge is -2.28. The molecule has 0 unspecified atom stereocenters. The molecule has 0 saturated carbocycles. The van der Waals surface area contributed by atoms with Crippen LogP contribution in [0, 0.1) is 0 Å². The van der Waals surface area contributed by atoms with E-state index in [0.717, 1.165) is 39.0 Å². The van der Waals surface area contributed by atoms with E-state index in [9.17, 15) is 4.79 Å². The number of fused-ring (bicyclic) bond motifs is 1. The van der Waals surface area contributed by atoms with Gasteiger partial charge in [0.1, 0.15) is 0 Å². The van der Waals surface area contributed by atoms with Gasteiger partial charge in [-0.25, -0.2) is 0 Å². The quantitative estimate of drug-likeness (QED) is 0.799. The van der Waals surface area contributed by atoms with Crippen LogP contribution < -0.4 is 5.32 Å². The van der Waals surface area contributed by atoms with Gasteiger partial charge >= 0.3 is 0 Å². The molecule has 1 aliphatic rings. The van der Waals surface area contributed by atoms with Crippen molar-refractivity contribution in [2.24, 2.45) is 0 Å². The first-order valence-electron chi connectivity index (χ1n) is 6.29. The molecule has 0 radical (unpaired) electrons. The van der Waals surface area contributed by atoms with E-state index in [2.05, 4.69) is 34.5 Å². The van der Waals surface area contributed by atoms with Crippen molar-refractivity contribution in [2.75, 3.05) is 19.6 Å². The van der Waals surface area contributed by atoms with Crippen molar-refractivity contribution in [3.8, 4) is 0 Å². The second kappa shape index (κ2) is 5.82. The largest absolute Gasteiger partial charge is 0.356 e. The molecule has 1 heterocycles. The molecule has 3 heteroatoms. The Labute approximate surface area is 103 Å². The van der Waals surface area contributed by atoms with Gasteiger partial charge in [-0.15, -0.1) is 0 Å². The molecule has 1 amide bonds. The topological polar surface area (TPSA) is 32.3 Å². The summed E-state index contributed by atoms with van der Waals surface area (Å²) in [6.07, 6.45) is 2.18. The molecule has 0 saturated heterocycles. The minimum absolute atomic E-state index is 0.0639. The van der Waals surface area contributed by atoms with E-state index in [1.807, 2.05) is 0 Å². The molecule has 0 aliphatic carbocycles. The Bertz CT molecular complexity index is 390. The molecule has 3 nitrogen and oxygen atoms in total. The van der Waals surface area contributed by atoms with Gasteiger partial charge in [0.05, 0.1) is 0 Å². The zero-order chi connectivity index (χ0) is 12.1. The first-order valence-corrected chi connectivity index (χ1v) is 6.29. The Morgan fingerprint density at radius 1 is 1.35 bits per heavy atom. The highest BCUT2D eigenvalue weighted by Gasteiger charge is 2.14. The highest BCUT2D eigenvalue weighted by atomic mass is 16.1. The smallest absolute Gasteiger partial charge is 0.216 e. The lowest BCUT2D eigenvalue weighted by Crippen LogP contribution is -2.33. The molecule has 0 aromatic heterocycles. The molecule has 1 aromatic carbocycles. The molecule has 1 aliphatic heterocycles. The van der Waals surface area contributed by atoms with Gasteiger partial charge in [-0.3, -0.25) is 9.69 Å². The highest BCUT2D eigenvalue weighted by molar-refractivity contribution is 5.72. The summed E-state index contributed by atoms with van der Waals surface area (Å²) >= 11 is 0. The zero-order valence-corrected chi connectivity index (χ0v) is 10.4. The van der Waals surface area contributed by atoms with Crippen LogP contribution in [0.25, 0.3) is 0 Å². The van der Waals surface area contributed by atoms with Crippen LogP contribution in [0.3, 0.4) is 0 Å². The molecular formula is C14H20N2O. The van der Waals surface area contributed by atoms with E-state index in [-0.39, 0.29) is 5.91 Å². The summed E-state index contributed by atoms with van der Waals surface area (Å²) in [5.41, 5.74) is 2.95. The van der Waals surface area contributed by atoms with Crippen LogP contribution in [-0.4, -0.2) is 30.4 Å². The molecule has 0 spiro atoms. The van der Waals surface area contributed by atoms with Crippen molar-refractivity contribution in [1.29, 1.82) is 0 Å². The summed E-state index contributed by atoms with van der Waals surface area (Å²) < 4.78 is 0. The molecule has 1 N–H and O–H groups in total. The fraction of sp³-hybridized carbons (Fsp3) is 0.500. The van der Waals surface area contributed by atoms with Gasteiger partial charge in [0.15, 0.2) is 0 Å². The van der Waals surface area contributed by atoms with Crippen LogP contribution >= 0.6 is 0 Å². The average molecular weight is 232 g/mol. The molecular weight excluding hydrogens is 212 g/mol. The van der Waals surface area contributed by atoms with Crippen molar-refractivity contribution < 1.29 is 4.79 Å². The number of carbonyl (C=O) groups excluding carboxylic acids is 1. The molecule has 2 rings (SSSR count). The Morgan fingerprint density at radius 2 is 2.12 bits per heavy atom. The van der Waals surface area contributed by atoms with E-state index >= 15 is 0 Å². The van der Waals surface area contributed by atoms with Crippen LogP contribution in [0.4, 0.5) is 0 Å². The number of carbonyl (C=O) groups is 1. The molecule has 0 bridgehead atoms. The van der Waals surface area contributed by atoms with Gasteiger partial charge in [0, 0.05) is 33.1 Å². The fourth-order valence-electron chi connectivity index (χ4n) is 2.31. The third kappa shape index (κ3) is 3.56. The molecule has 92 valence electrons. The number of nitrogens with one attached hydrogen (secondary N) is 1. The van der Waals surface area contributed by atoms with Gasteiger partial charge in [0.25, 0.3) is 0 Å². The van der Waals surface area contributed by atoms with Crippen LogP contribution in [-0.2, 0) is 17.8 Å². The minimum atomic E-state index is 0.0639. The SMILES string of the molecule is CC(=O)NCCCN1CCc2ccccc2C1. The number of benzene rings is 1. The minimum Gasteiger partial charge on any atom is -0.356 e. The van der Waals surface area contributed by atoms with Crippen LogP contribution in [0.1, 0.15) is 24.5 Å². The number of hydrogen-bond donors (Lipinski definition) is 1. The van der Waals surface area contributed by atoms with Crippen molar-refractivity contribution in [3.63, 3.8) is 0 Å². The molecule has 1 aromatic rings. The second-order valence-electron chi connectivity index (χ2n) is 4.63. The summed E-state index contributed by atoms with van der Waals surface area (Å²) in [6, 6.07) is 8.67. The maximum Gasteiger partial charge on any atom is 0.216 e. The lowest BCUT2D eigenvalue weighted by atomic mass is 10.00. The van der Waals surface area contributed by atoms with E-state index < -0.39 is 0 Å². The van der Waals surface area contributed by atoms with E-state index in [1.165, 1.54) is 11.1 Å². The van der Waals surface area contributed by atoms with Crippen LogP contribution in [0.2, 0.25) is 0 Å². The van der Waals surface area contributed by atoms with E-state index in [1.54, 1.807) is 6.92 Å². The first-order chi connectivity index (χ1) is 8.25. The summed E-state index contributed by atoms with van der Waals surface area (Å²) in [6.45, 7) is 5.60. The van der Waals surface area contributed by atoms with Crippen molar-refractivity contribution in [3.05, 3.63) is 35.4 Å². The predicted molar refractivity (Wildman–Crippen MR) is 68.7 cm³/mol. The highest BCUT2D eigenvalue weighted by Crippen LogP contribution is 2.18. The molecule has 0 fully saturated rings. The Kier molecular flexibility index (Phi) is 4.15. The summed E-state index contributed by atoms with van der Waals surface area (Å²) in [5.74, 6) is 0.0639. The third-order valence-electron chi connectivity index (χ3n) is 3.23. The fourth-order valence-corrected chi connectivity index (χ4v) is 2.31. The predicted octanol–water partition coefficient (Wildman–Crippen LogP) is 1.57. The van der Waals surface area contributed by atoms with Crippen molar-refractivity contribution >= 4 is 5.91 Å². The molecule has 0 atom stereocenters. The van der Waals surface area contributed by atoms with Gasteiger partial charge in [-0.05, 0) is 24.0 Å². The Balaban J connectivity index is 1.76. The monoisotopic (exact) mass is 232 g/mol. The van der Waals surface area contributed by atoms with Crippen molar-refractivity contribution in [1.82, 2.24) is 10.2 Å². The summed E-state index contributed by atoms with van der Waals surface area (Å²) in [5, 5.41) is 2.84. The number of hydrogen-bond acceptors (Lipinski definition) is 2. The van der Waals surface area contributed by atoms with Gasteiger partial charge in [-0.2, -0.15) is 0 Å². The van der Waals surface area contributed by atoms with Crippen LogP contribution in [0.5, 0.6) is 0 Å². The van der Waals surface area contributed by atoms with Gasteiger partial charge in [0.2, 0.25) is 5.91 Å². The number of amides is 1. The maximum absolute atomic E-state index is 10.7. The maximum atomic E-state index is 10.7. The average Bonchev–Trinajstić information content (AvgIpc) is 2.34.